The summed E-state index contributed by atoms with van der Waals surface area (Å²) in [5.74, 6) is 0.751. The number of methoxy groups -OCH3 is 1. The maximum absolute atomic E-state index is 11.3. The molecule has 0 heterocycles. The molecule has 0 spiro atoms. The predicted molar refractivity (Wildman–Crippen MR) is 65.2 cm³/mol. The molecule has 1 aliphatic carbocycles. The molecular formula is C13H25NO2. The fraction of sp³-hybridized carbons (Fsp3) is 0.923. The molecule has 0 aromatic carbocycles. The Morgan fingerprint density at radius 2 is 2.00 bits per heavy atom. The van der Waals surface area contributed by atoms with Gasteiger partial charge in [-0.2, -0.15) is 0 Å². The number of hydrogen-bond donors (Lipinski definition) is 1. The second kappa shape index (κ2) is 6.89. The lowest BCUT2D eigenvalue weighted by Gasteiger charge is -2.19. The van der Waals surface area contributed by atoms with Crippen molar-refractivity contribution in [1.29, 1.82) is 0 Å². The summed E-state index contributed by atoms with van der Waals surface area (Å²) in [5.41, 5.74) is 0. The molecule has 1 rings (SSSR count). The molecule has 0 aromatic rings. The van der Waals surface area contributed by atoms with Crippen molar-refractivity contribution in [1.82, 2.24) is 5.32 Å². The van der Waals surface area contributed by atoms with E-state index in [0.717, 1.165) is 18.9 Å². The molecule has 0 bridgehead atoms. The number of esters is 1. The average Bonchev–Trinajstić information content (AvgIpc) is 2.78. The van der Waals surface area contributed by atoms with Crippen LogP contribution in [0.1, 0.15) is 46.0 Å². The highest BCUT2D eigenvalue weighted by Crippen LogP contribution is 2.24. The van der Waals surface area contributed by atoms with Crippen LogP contribution in [0.25, 0.3) is 0 Å². The van der Waals surface area contributed by atoms with Crippen LogP contribution in [0.2, 0.25) is 0 Å². The summed E-state index contributed by atoms with van der Waals surface area (Å²) in [5, 5.41) is 3.53. The van der Waals surface area contributed by atoms with Gasteiger partial charge in [0.05, 0.1) is 13.0 Å². The van der Waals surface area contributed by atoms with Gasteiger partial charge in [-0.05, 0) is 38.6 Å². The Kier molecular flexibility index (Phi) is 5.81. The van der Waals surface area contributed by atoms with E-state index in [0.29, 0.717) is 6.04 Å². The minimum atomic E-state index is -0.102. The minimum Gasteiger partial charge on any atom is -0.469 e. The van der Waals surface area contributed by atoms with Gasteiger partial charge in [0.25, 0.3) is 0 Å². The Hall–Kier alpha value is -0.570. The van der Waals surface area contributed by atoms with Crippen molar-refractivity contribution in [2.75, 3.05) is 13.7 Å². The van der Waals surface area contributed by atoms with Gasteiger partial charge in [-0.1, -0.05) is 19.8 Å². The first-order valence-corrected chi connectivity index (χ1v) is 6.44. The van der Waals surface area contributed by atoms with Crippen molar-refractivity contribution in [2.45, 2.75) is 52.0 Å². The summed E-state index contributed by atoms with van der Waals surface area (Å²) in [6.07, 6.45) is 6.37. The lowest BCUT2D eigenvalue weighted by molar-refractivity contribution is -0.145. The minimum absolute atomic E-state index is 0.00363. The first-order chi connectivity index (χ1) is 7.63. The summed E-state index contributed by atoms with van der Waals surface area (Å²) >= 11 is 0. The molecule has 0 aromatic heterocycles. The quantitative estimate of drug-likeness (QED) is 0.708. The highest BCUT2D eigenvalue weighted by atomic mass is 16.5. The van der Waals surface area contributed by atoms with E-state index in [1.54, 1.807) is 0 Å². The third kappa shape index (κ3) is 4.52. The van der Waals surface area contributed by atoms with Crippen LogP contribution in [0.3, 0.4) is 0 Å². The third-order valence-corrected chi connectivity index (χ3v) is 3.54. The molecule has 16 heavy (non-hydrogen) atoms. The van der Waals surface area contributed by atoms with E-state index in [4.69, 9.17) is 4.74 Å². The van der Waals surface area contributed by atoms with E-state index in [1.165, 1.54) is 32.8 Å². The molecule has 1 fully saturated rings. The highest BCUT2D eigenvalue weighted by molar-refractivity contribution is 5.71. The summed E-state index contributed by atoms with van der Waals surface area (Å²) in [7, 11) is 1.45. The van der Waals surface area contributed by atoms with Crippen molar-refractivity contribution in [3.63, 3.8) is 0 Å². The number of nitrogens with one attached hydrogen (secondary N) is 1. The van der Waals surface area contributed by atoms with E-state index >= 15 is 0 Å². The lowest BCUT2D eigenvalue weighted by Crippen LogP contribution is -2.33. The van der Waals surface area contributed by atoms with Crippen LogP contribution < -0.4 is 5.32 Å². The average molecular weight is 227 g/mol. The first-order valence-electron chi connectivity index (χ1n) is 6.44. The van der Waals surface area contributed by atoms with Gasteiger partial charge in [0.1, 0.15) is 0 Å². The van der Waals surface area contributed by atoms with E-state index in [-0.39, 0.29) is 11.9 Å². The van der Waals surface area contributed by atoms with Crippen LogP contribution in [0.4, 0.5) is 0 Å². The molecule has 2 atom stereocenters. The molecule has 1 saturated carbocycles. The number of carbonyl (C=O) groups excluding carboxylic acids is 1. The smallest absolute Gasteiger partial charge is 0.308 e. The standard InChI is InChI=1S/C13H25NO2/c1-10(13(15)16-3)8-11(2)14-9-12-6-4-5-7-12/h10-12,14H,4-9H2,1-3H3. The molecule has 0 saturated heterocycles. The Balaban J connectivity index is 2.14. The molecule has 3 nitrogen and oxygen atoms in total. The topological polar surface area (TPSA) is 38.3 Å². The molecule has 1 N–H and O–H groups in total. The maximum Gasteiger partial charge on any atom is 0.308 e. The monoisotopic (exact) mass is 227 g/mol. The number of carbonyl (C=O) groups is 1. The number of hydrogen-bond acceptors (Lipinski definition) is 3. The van der Waals surface area contributed by atoms with E-state index < -0.39 is 0 Å². The molecule has 3 heteroatoms. The second-order valence-electron chi connectivity index (χ2n) is 5.12. The van der Waals surface area contributed by atoms with Crippen molar-refractivity contribution in [3.05, 3.63) is 0 Å². The van der Waals surface area contributed by atoms with Gasteiger partial charge in [-0.3, -0.25) is 4.79 Å². The Labute approximate surface area is 98.9 Å². The summed E-state index contributed by atoms with van der Waals surface area (Å²) < 4.78 is 4.72. The van der Waals surface area contributed by atoms with E-state index in [2.05, 4.69) is 12.2 Å². The molecule has 0 aliphatic heterocycles. The van der Waals surface area contributed by atoms with Gasteiger partial charge in [-0.15, -0.1) is 0 Å². The maximum atomic E-state index is 11.3. The van der Waals surface area contributed by atoms with Crippen LogP contribution in [-0.2, 0) is 9.53 Å². The van der Waals surface area contributed by atoms with Gasteiger partial charge in [0, 0.05) is 6.04 Å². The second-order valence-corrected chi connectivity index (χ2v) is 5.12. The van der Waals surface area contributed by atoms with Gasteiger partial charge >= 0.3 is 5.97 Å². The lowest BCUT2D eigenvalue weighted by atomic mass is 10.0. The van der Waals surface area contributed by atoms with Crippen molar-refractivity contribution < 1.29 is 9.53 Å². The van der Waals surface area contributed by atoms with Gasteiger partial charge < -0.3 is 10.1 Å². The van der Waals surface area contributed by atoms with E-state index in [1.807, 2.05) is 6.92 Å². The zero-order valence-corrected chi connectivity index (χ0v) is 10.8. The molecule has 1 aliphatic rings. The summed E-state index contributed by atoms with van der Waals surface area (Å²) in [6, 6.07) is 0.398. The Bertz CT molecular complexity index is 212. The molecule has 94 valence electrons. The van der Waals surface area contributed by atoms with Gasteiger partial charge in [0.15, 0.2) is 0 Å². The van der Waals surface area contributed by atoms with Crippen LogP contribution in [0.5, 0.6) is 0 Å². The molecular weight excluding hydrogens is 202 g/mol. The van der Waals surface area contributed by atoms with E-state index in [9.17, 15) is 4.79 Å². The molecule has 2 unspecified atom stereocenters. The Morgan fingerprint density at radius 3 is 2.56 bits per heavy atom. The summed E-state index contributed by atoms with van der Waals surface area (Å²) in [6.45, 7) is 5.18. The zero-order valence-electron chi connectivity index (χ0n) is 10.8. The third-order valence-electron chi connectivity index (χ3n) is 3.54. The molecule has 0 amide bonds. The largest absolute Gasteiger partial charge is 0.469 e. The van der Waals surface area contributed by atoms with Crippen molar-refractivity contribution in [2.24, 2.45) is 11.8 Å². The van der Waals surface area contributed by atoms with Gasteiger partial charge in [0.2, 0.25) is 0 Å². The first kappa shape index (κ1) is 13.5. The highest BCUT2D eigenvalue weighted by Gasteiger charge is 2.19. The molecule has 0 radical (unpaired) electrons. The van der Waals surface area contributed by atoms with Crippen LogP contribution in [0.15, 0.2) is 0 Å². The van der Waals surface area contributed by atoms with Crippen LogP contribution >= 0.6 is 0 Å². The van der Waals surface area contributed by atoms with Crippen LogP contribution in [0, 0.1) is 11.8 Å². The van der Waals surface area contributed by atoms with Crippen molar-refractivity contribution >= 4 is 5.97 Å². The number of rotatable bonds is 6. The summed E-state index contributed by atoms with van der Waals surface area (Å²) in [4.78, 5) is 11.3. The normalized spacial score (nSPS) is 20.7. The Morgan fingerprint density at radius 1 is 1.38 bits per heavy atom. The number of ether oxygens (including phenoxy) is 1. The van der Waals surface area contributed by atoms with Crippen LogP contribution in [-0.4, -0.2) is 25.7 Å². The van der Waals surface area contributed by atoms with Gasteiger partial charge in [-0.25, -0.2) is 0 Å². The fourth-order valence-corrected chi connectivity index (χ4v) is 2.49. The zero-order chi connectivity index (χ0) is 12.0. The fourth-order valence-electron chi connectivity index (χ4n) is 2.49. The predicted octanol–water partition coefficient (Wildman–Crippen LogP) is 2.35. The SMILES string of the molecule is COC(=O)C(C)CC(C)NCC1CCCC1. The van der Waals surface area contributed by atoms with Crippen molar-refractivity contribution in [3.8, 4) is 0 Å².